The van der Waals surface area contributed by atoms with Crippen LogP contribution in [0.2, 0.25) is 0 Å². The average molecular weight is 319 g/mol. The van der Waals surface area contributed by atoms with Gasteiger partial charge in [-0.15, -0.1) is 0 Å². The molecule has 0 aromatic heterocycles. The zero-order valence-corrected chi connectivity index (χ0v) is 11.7. The molecule has 6 heteroatoms. The summed E-state index contributed by atoms with van der Waals surface area (Å²) in [6, 6.07) is 5.54. The van der Waals surface area contributed by atoms with Gasteiger partial charge in [-0.05, 0) is 46.5 Å². The number of nitrogen functional groups attached to an aromatic ring is 1. The largest absolute Gasteiger partial charge is 0.399 e. The summed E-state index contributed by atoms with van der Waals surface area (Å²) in [7, 11) is -2.79. The maximum absolute atomic E-state index is 11.3. The van der Waals surface area contributed by atoms with Crippen molar-refractivity contribution in [1.29, 1.82) is 0 Å². The molecular formula is C11H15BrN2O2S. The molecule has 0 radical (unpaired) electrons. The van der Waals surface area contributed by atoms with E-state index < -0.39 is 9.84 Å². The fourth-order valence-electron chi connectivity index (χ4n) is 1.96. The third-order valence-electron chi connectivity index (χ3n) is 2.90. The zero-order chi connectivity index (χ0) is 12.5. The lowest BCUT2D eigenvalue weighted by molar-refractivity contribution is 0.596. The first-order valence-electron chi connectivity index (χ1n) is 5.45. The van der Waals surface area contributed by atoms with Crippen molar-refractivity contribution in [2.24, 2.45) is 5.92 Å². The second kappa shape index (κ2) is 4.86. The van der Waals surface area contributed by atoms with Gasteiger partial charge < -0.3 is 11.1 Å². The number of rotatable bonds is 3. The molecule has 4 nitrogen and oxygen atoms in total. The molecule has 0 aliphatic carbocycles. The van der Waals surface area contributed by atoms with Crippen molar-refractivity contribution in [2.45, 2.75) is 6.42 Å². The van der Waals surface area contributed by atoms with E-state index in [-0.39, 0.29) is 5.92 Å². The van der Waals surface area contributed by atoms with Gasteiger partial charge in [-0.25, -0.2) is 8.42 Å². The molecule has 94 valence electrons. The van der Waals surface area contributed by atoms with E-state index in [1.54, 1.807) is 0 Å². The van der Waals surface area contributed by atoms with Crippen molar-refractivity contribution in [3.8, 4) is 0 Å². The average Bonchev–Trinajstić information content (AvgIpc) is 2.57. The Kier molecular flexibility index (Phi) is 3.63. The number of nitrogens with two attached hydrogens (primary N) is 1. The van der Waals surface area contributed by atoms with Gasteiger partial charge in [-0.1, -0.05) is 0 Å². The highest BCUT2D eigenvalue weighted by molar-refractivity contribution is 9.10. The first-order chi connectivity index (χ1) is 7.96. The molecule has 1 unspecified atom stereocenters. The van der Waals surface area contributed by atoms with Crippen molar-refractivity contribution in [3.05, 3.63) is 22.7 Å². The molecule has 2 rings (SSSR count). The van der Waals surface area contributed by atoms with Crippen molar-refractivity contribution in [1.82, 2.24) is 0 Å². The van der Waals surface area contributed by atoms with Gasteiger partial charge in [0.25, 0.3) is 0 Å². The number of hydrogen-bond donors (Lipinski definition) is 2. The van der Waals surface area contributed by atoms with E-state index in [0.717, 1.165) is 16.6 Å². The molecule has 17 heavy (non-hydrogen) atoms. The standard InChI is InChI=1S/C11H15BrN2O2S/c12-10-5-9(13)1-2-11(10)14-6-8-3-4-17(15,16)7-8/h1-2,5,8,14H,3-4,6-7,13H2. The van der Waals surface area contributed by atoms with Gasteiger partial charge >= 0.3 is 0 Å². The first kappa shape index (κ1) is 12.7. The highest BCUT2D eigenvalue weighted by Gasteiger charge is 2.27. The van der Waals surface area contributed by atoms with Gasteiger partial charge in [0.1, 0.15) is 0 Å². The second-order valence-electron chi connectivity index (χ2n) is 4.39. The summed E-state index contributed by atoms with van der Waals surface area (Å²) in [5.41, 5.74) is 7.29. The molecule has 0 spiro atoms. The Morgan fingerprint density at radius 1 is 1.47 bits per heavy atom. The Morgan fingerprint density at radius 2 is 2.24 bits per heavy atom. The van der Waals surface area contributed by atoms with Gasteiger partial charge in [-0.2, -0.15) is 0 Å². The predicted octanol–water partition coefficient (Wildman–Crippen LogP) is 1.88. The van der Waals surface area contributed by atoms with Crippen LogP contribution < -0.4 is 11.1 Å². The van der Waals surface area contributed by atoms with Crippen LogP contribution in [0.15, 0.2) is 22.7 Å². The summed E-state index contributed by atoms with van der Waals surface area (Å²) >= 11 is 3.42. The van der Waals surface area contributed by atoms with Crippen LogP contribution in [-0.4, -0.2) is 26.5 Å². The molecule has 0 saturated carbocycles. The van der Waals surface area contributed by atoms with Gasteiger partial charge in [0.2, 0.25) is 0 Å². The molecule has 1 atom stereocenters. The van der Waals surface area contributed by atoms with E-state index in [1.165, 1.54) is 0 Å². The minimum absolute atomic E-state index is 0.212. The van der Waals surface area contributed by atoms with Crippen LogP contribution in [-0.2, 0) is 9.84 Å². The summed E-state index contributed by atoms with van der Waals surface area (Å²) in [5.74, 6) is 0.832. The molecule has 1 saturated heterocycles. The van der Waals surface area contributed by atoms with Gasteiger partial charge in [-0.3, -0.25) is 0 Å². The quantitative estimate of drug-likeness (QED) is 0.835. The lowest BCUT2D eigenvalue weighted by atomic mass is 10.1. The number of nitrogens with one attached hydrogen (secondary N) is 1. The zero-order valence-electron chi connectivity index (χ0n) is 9.32. The number of hydrogen-bond acceptors (Lipinski definition) is 4. The topological polar surface area (TPSA) is 72.2 Å². The fourth-order valence-corrected chi connectivity index (χ4v) is 4.36. The summed E-state index contributed by atoms with van der Waals surface area (Å²) in [6.07, 6.45) is 0.752. The van der Waals surface area contributed by atoms with Crippen molar-refractivity contribution < 1.29 is 8.42 Å². The SMILES string of the molecule is Nc1ccc(NCC2CCS(=O)(=O)C2)c(Br)c1. The highest BCUT2D eigenvalue weighted by Crippen LogP contribution is 2.26. The minimum atomic E-state index is -2.79. The molecule has 1 aliphatic rings. The summed E-state index contributed by atoms with van der Waals surface area (Å²) in [4.78, 5) is 0. The van der Waals surface area contributed by atoms with E-state index in [0.29, 0.717) is 23.7 Å². The number of halogens is 1. The fraction of sp³-hybridized carbons (Fsp3) is 0.455. The molecule has 0 amide bonds. The normalized spacial score (nSPS) is 22.5. The van der Waals surface area contributed by atoms with E-state index >= 15 is 0 Å². The van der Waals surface area contributed by atoms with Gasteiger partial charge in [0.15, 0.2) is 9.84 Å². The molecule has 1 heterocycles. The number of benzene rings is 1. The van der Waals surface area contributed by atoms with Crippen LogP contribution in [0.5, 0.6) is 0 Å². The molecule has 3 N–H and O–H groups in total. The van der Waals surface area contributed by atoms with E-state index in [4.69, 9.17) is 5.73 Å². The van der Waals surface area contributed by atoms with E-state index in [1.807, 2.05) is 18.2 Å². The molecule has 1 aliphatic heterocycles. The van der Waals surface area contributed by atoms with Gasteiger partial charge in [0.05, 0.1) is 11.5 Å². The molecule has 1 aromatic carbocycles. The smallest absolute Gasteiger partial charge is 0.150 e. The first-order valence-corrected chi connectivity index (χ1v) is 8.07. The number of sulfone groups is 1. The predicted molar refractivity (Wildman–Crippen MR) is 73.8 cm³/mol. The number of anilines is 2. The van der Waals surface area contributed by atoms with Crippen LogP contribution in [0, 0.1) is 5.92 Å². The van der Waals surface area contributed by atoms with Crippen LogP contribution in [0.4, 0.5) is 11.4 Å². The highest BCUT2D eigenvalue weighted by atomic mass is 79.9. The van der Waals surface area contributed by atoms with Crippen LogP contribution >= 0.6 is 15.9 Å². The monoisotopic (exact) mass is 318 g/mol. The van der Waals surface area contributed by atoms with Crippen molar-refractivity contribution in [2.75, 3.05) is 29.1 Å². The molecule has 1 aromatic rings. The lowest BCUT2D eigenvalue weighted by Gasteiger charge is -2.12. The second-order valence-corrected chi connectivity index (χ2v) is 7.47. The van der Waals surface area contributed by atoms with Crippen LogP contribution in [0.3, 0.4) is 0 Å². The third kappa shape index (κ3) is 3.35. The maximum Gasteiger partial charge on any atom is 0.150 e. The minimum Gasteiger partial charge on any atom is -0.399 e. The van der Waals surface area contributed by atoms with Crippen LogP contribution in [0.25, 0.3) is 0 Å². The molecular weight excluding hydrogens is 304 g/mol. The van der Waals surface area contributed by atoms with E-state index in [9.17, 15) is 8.42 Å². The Hall–Kier alpha value is -0.750. The Labute approximate surface area is 110 Å². The maximum atomic E-state index is 11.3. The summed E-state index contributed by atoms with van der Waals surface area (Å²) in [6.45, 7) is 0.682. The Balaban J connectivity index is 1.95. The van der Waals surface area contributed by atoms with Crippen molar-refractivity contribution in [3.63, 3.8) is 0 Å². The van der Waals surface area contributed by atoms with Crippen molar-refractivity contribution >= 4 is 37.1 Å². The van der Waals surface area contributed by atoms with E-state index in [2.05, 4.69) is 21.2 Å². The third-order valence-corrected chi connectivity index (χ3v) is 5.39. The molecule has 1 fully saturated rings. The Bertz CT molecular complexity index is 516. The lowest BCUT2D eigenvalue weighted by Crippen LogP contribution is -2.15. The summed E-state index contributed by atoms with van der Waals surface area (Å²) < 4.78 is 23.5. The van der Waals surface area contributed by atoms with Crippen LogP contribution in [0.1, 0.15) is 6.42 Å². The Morgan fingerprint density at radius 3 is 2.82 bits per heavy atom. The summed E-state index contributed by atoms with van der Waals surface area (Å²) in [5, 5.41) is 3.25. The molecule has 0 bridgehead atoms. The van der Waals surface area contributed by atoms with Gasteiger partial charge in [0, 0.05) is 22.4 Å².